The van der Waals surface area contributed by atoms with Gasteiger partial charge in [0.25, 0.3) is 0 Å². The van der Waals surface area contributed by atoms with Gasteiger partial charge >= 0.3 is 0 Å². The van der Waals surface area contributed by atoms with Gasteiger partial charge in [0.1, 0.15) is 0 Å². The van der Waals surface area contributed by atoms with Gasteiger partial charge in [-0.05, 0) is 24.1 Å². The molecule has 0 amide bonds. The van der Waals surface area contributed by atoms with Crippen LogP contribution in [0.5, 0.6) is 0 Å². The molecule has 0 aromatic heterocycles. The molecule has 0 saturated heterocycles. The molecule has 64 valence electrons. The Kier molecular flexibility index (Phi) is 3.30. The highest BCUT2D eigenvalue weighted by molar-refractivity contribution is 6.30. The highest BCUT2D eigenvalue weighted by Gasteiger charge is 1.98. The predicted octanol–water partition coefficient (Wildman–Crippen LogP) is 3.51. The fourth-order valence-corrected chi connectivity index (χ4v) is 1.17. The van der Waals surface area contributed by atoms with Crippen molar-refractivity contribution in [3.8, 4) is 0 Å². The molecule has 2 heteroatoms. The van der Waals surface area contributed by atoms with E-state index in [2.05, 4.69) is 6.92 Å². The monoisotopic (exact) mass is 181 g/mol. The fraction of sp³-hybridized carbons (Fsp3) is 0.300. The number of hydrogen-bond acceptors (Lipinski definition) is 1. The van der Waals surface area contributed by atoms with Crippen molar-refractivity contribution in [1.29, 1.82) is 5.41 Å². The van der Waals surface area contributed by atoms with Crippen molar-refractivity contribution in [2.45, 2.75) is 19.8 Å². The van der Waals surface area contributed by atoms with Gasteiger partial charge in [0.05, 0.1) is 0 Å². The third kappa shape index (κ3) is 2.35. The first-order valence-electron chi connectivity index (χ1n) is 4.07. The molecular formula is C10H12ClN. The second-order valence-electron chi connectivity index (χ2n) is 2.74. The minimum absolute atomic E-state index is 0.689. The Morgan fingerprint density at radius 1 is 1.33 bits per heavy atom. The summed E-state index contributed by atoms with van der Waals surface area (Å²) in [4.78, 5) is 0. The first-order valence-corrected chi connectivity index (χ1v) is 4.45. The zero-order chi connectivity index (χ0) is 8.97. The van der Waals surface area contributed by atoms with Crippen LogP contribution in [0.2, 0.25) is 5.02 Å². The average Bonchev–Trinajstić information content (AvgIpc) is 2.06. The van der Waals surface area contributed by atoms with Crippen LogP contribution < -0.4 is 0 Å². The maximum absolute atomic E-state index is 7.66. The molecule has 1 rings (SSSR count). The number of nitrogens with one attached hydrogen (secondary N) is 1. The molecule has 0 bridgehead atoms. The van der Waals surface area contributed by atoms with E-state index in [-0.39, 0.29) is 0 Å². The molecule has 0 fully saturated rings. The van der Waals surface area contributed by atoms with Crippen LogP contribution in [0.4, 0.5) is 0 Å². The van der Waals surface area contributed by atoms with Crippen LogP contribution >= 0.6 is 11.6 Å². The van der Waals surface area contributed by atoms with Gasteiger partial charge in [0.15, 0.2) is 0 Å². The summed E-state index contributed by atoms with van der Waals surface area (Å²) in [7, 11) is 0. The Morgan fingerprint density at radius 3 is 2.42 bits per heavy atom. The standard InChI is InChI=1S/C10H12ClN/c1-2-3-10(12)8-4-6-9(11)7-5-8/h4-7,12H,2-3H2,1H3. The molecule has 0 aliphatic heterocycles. The Morgan fingerprint density at radius 2 is 1.92 bits per heavy atom. The van der Waals surface area contributed by atoms with Gasteiger partial charge in [-0.25, -0.2) is 0 Å². The minimum atomic E-state index is 0.689. The average molecular weight is 182 g/mol. The first kappa shape index (κ1) is 9.27. The zero-order valence-corrected chi connectivity index (χ0v) is 7.86. The molecule has 1 N–H and O–H groups in total. The van der Waals surface area contributed by atoms with Crippen molar-refractivity contribution in [1.82, 2.24) is 0 Å². The second-order valence-corrected chi connectivity index (χ2v) is 3.17. The van der Waals surface area contributed by atoms with E-state index in [9.17, 15) is 0 Å². The first-order chi connectivity index (χ1) is 5.74. The lowest BCUT2D eigenvalue weighted by atomic mass is 10.1. The summed E-state index contributed by atoms with van der Waals surface area (Å²) in [5, 5.41) is 8.38. The molecule has 0 radical (unpaired) electrons. The predicted molar refractivity (Wildman–Crippen MR) is 53.2 cm³/mol. The lowest BCUT2D eigenvalue weighted by Gasteiger charge is -2.01. The van der Waals surface area contributed by atoms with Crippen molar-refractivity contribution in [2.75, 3.05) is 0 Å². The topological polar surface area (TPSA) is 23.9 Å². The van der Waals surface area contributed by atoms with Crippen LogP contribution in [0.1, 0.15) is 25.3 Å². The molecule has 0 heterocycles. The summed E-state index contributed by atoms with van der Waals surface area (Å²) in [5.41, 5.74) is 1.66. The van der Waals surface area contributed by atoms with Gasteiger partial charge < -0.3 is 5.41 Å². The molecule has 1 aromatic rings. The molecule has 12 heavy (non-hydrogen) atoms. The molecule has 1 aromatic carbocycles. The van der Waals surface area contributed by atoms with E-state index in [1.54, 1.807) is 0 Å². The summed E-state index contributed by atoms with van der Waals surface area (Å²) in [6.07, 6.45) is 1.85. The van der Waals surface area contributed by atoms with E-state index in [4.69, 9.17) is 17.0 Å². The Balaban J connectivity index is 2.75. The smallest absolute Gasteiger partial charge is 0.0406 e. The molecule has 0 unspecified atom stereocenters. The van der Waals surface area contributed by atoms with E-state index >= 15 is 0 Å². The molecule has 0 atom stereocenters. The minimum Gasteiger partial charge on any atom is -0.305 e. The van der Waals surface area contributed by atoms with Crippen LogP contribution in [0, 0.1) is 5.41 Å². The summed E-state index contributed by atoms with van der Waals surface area (Å²) >= 11 is 5.72. The summed E-state index contributed by atoms with van der Waals surface area (Å²) in [5.74, 6) is 0. The summed E-state index contributed by atoms with van der Waals surface area (Å²) in [6.45, 7) is 2.07. The van der Waals surface area contributed by atoms with Crippen molar-refractivity contribution < 1.29 is 0 Å². The van der Waals surface area contributed by atoms with Crippen LogP contribution in [-0.4, -0.2) is 5.71 Å². The van der Waals surface area contributed by atoms with Crippen LogP contribution in [0.25, 0.3) is 0 Å². The Hall–Kier alpha value is -0.820. The Labute approximate surface area is 77.9 Å². The maximum Gasteiger partial charge on any atom is 0.0406 e. The van der Waals surface area contributed by atoms with Gasteiger partial charge in [0.2, 0.25) is 0 Å². The van der Waals surface area contributed by atoms with Crippen LogP contribution in [0.15, 0.2) is 24.3 Å². The van der Waals surface area contributed by atoms with Crippen molar-refractivity contribution in [3.63, 3.8) is 0 Å². The zero-order valence-electron chi connectivity index (χ0n) is 7.10. The molecule has 0 spiro atoms. The van der Waals surface area contributed by atoms with E-state index in [0.29, 0.717) is 5.71 Å². The van der Waals surface area contributed by atoms with E-state index in [1.807, 2.05) is 24.3 Å². The molecular weight excluding hydrogens is 170 g/mol. The van der Waals surface area contributed by atoms with Gasteiger partial charge in [-0.3, -0.25) is 0 Å². The van der Waals surface area contributed by atoms with Crippen LogP contribution in [0.3, 0.4) is 0 Å². The fourth-order valence-electron chi connectivity index (χ4n) is 1.05. The number of hydrogen-bond donors (Lipinski definition) is 1. The quantitative estimate of drug-likeness (QED) is 0.691. The van der Waals surface area contributed by atoms with Crippen LogP contribution in [-0.2, 0) is 0 Å². The normalized spacial score (nSPS) is 9.83. The third-order valence-electron chi connectivity index (χ3n) is 1.69. The number of benzene rings is 1. The second kappa shape index (κ2) is 4.27. The lowest BCUT2D eigenvalue weighted by Crippen LogP contribution is -1.96. The van der Waals surface area contributed by atoms with Gasteiger partial charge in [0, 0.05) is 10.7 Å². The van der Waals surface area contributed by atoms with Crippen molar-refractivity contribution >= 4 is 17.3 Å². The molecule has 0 aliphatic rings. The number of halogens is 1. The largest absolute Gasteiger partial charge is 0.305 e. The van der Waals surface area contributed by atoms with E-state index in [0.717, 1.165) is 23.4 Å². The molecule has 0 aliphatic carbocycles. The van der Waals surface area contributed by atoms with Gasteiger partial charge in [-0.1, -0.05) is 37.1 Å². The Bertz CT molecular complexity index is 264. The van der Waals surface area contributed by atoms with E-state index in [1.165, 1.54) is 0 Å². The lowest BCUT2D eigenvalue weighted by molar-refractivity contribution is 0.986. The maximum atomic E-state index is 7.66. The van der Waals surface area contributed by atoms with Gasteiger partial charge in [-0.2, -0.15) is 0 Å². The molecule has 1 nitrogen and oxygen atoms in total. The third-order valence-corrected chi connectivity index (χ3v) is 1.94. The summed E-state index contributed by atoms with van der Waals surface area (Å²) < 4.78 is 0. The van der Waals surface area contributed by atoms with Crippen molar-refractivity contribution in [3.05, 3.63) is 34.9 Å². The SMILES string of the molecule is CCCC(=N)c1ccc(Cl)cc1. The summed E-state index contributed by atoms with van der Waals surface area (Å²) in [6, 6.07) is 7.42. The van der Waals surface area contributed by atoms with Crippen molar-refractivity contribution in [2.24, 2.45) is 0 Å². The molecule has 0 saturated carbocycles. The highest BCUT2D eigenvalue weighted by Crippen LogP contribution is 2.11. The van der Waals surface area contributed by atoms with Gasteiger partial charge in [-0.15, -0.1) is 0 Å². The number of rotatable bonds is 3. The van der Waals surface area contributed by atoms with E-state index < -0.39 is 0 Å². The highest BCUT2D eigenvalue weighted by atomic mass is 35.5.